The Morgan fingerprint density at radius 3 is 2.33 bits per heavy atom. The van der Waals surface area contributed by atoms with E-state index in [2.05, 4.69) is 5.32 Å². The molecule has 0 saturated heterocycles. The molecular weight excluding hydrogens is 341 g/mol. The van der Waals surface area contributed by atoms with Crippen LogP contribution in [0.1, 0.15) is 11.1 Å². The summed E-state index contributed by atoms with van der Waals surface area (Å²) < 4.78 is 14.5. The second kappa shape index (κ2) is 6.51. The number of para-hydroxylation sites is 2. The molecule has 5 N–H and O–H groups in total. The molecule has 3 nitrogen and oxygen atoms in total. The zero-order chi connectivity index (χ0) is 17.3. The first-order valence-electron chi connectivity index (χ1n) is 7.16. The fourth-order valence-corrected chi connectivity index (χ4v) is 3.11. The molecule has 0 unspecified atom stereocenters. The summed E-state index contributed by atoms with van der Waals surface area (Å²) in [5.41, 5.74) is 13.5. The molecule has 0 spiro atoms. The quantitative estimate of drug-likeness (QED) is 0.490. The van der Waals surface area contributed by atoms with E-state index in [1.54, 1.807) is 12.1 Å². The molecule has 3 aromatic carbocycles. The number of rotatable bonds is 3. The lowest BCUT2D eigenvalue weighted by molar-refractivity contribution is 0.627. The van der Waals surface area contributed by atoms with Gasteiger partial charge in [0.05, 0.1) is 16.9 Å². The maximum Gasteiger partial charge on any atom is 0.134 e. The van der Waals surface area contributed by atoms with Crippen LogP contribution in [0.25, 0.3) is 10.8 Å². The molecular formula is C18H14FN3S2. The highest BCUT2D eigenvalue weighted by Gasteiger charge is 2.19. The Hall–Kier alpha value is -2.57. The molecule has 0 atom stereocenters. The van der Waals surface area contributed by atoms with E-state index in [0.29, 0.717) is 21.9 Å². The summed E-state index contributed by atoms with van der Waals surface area (Å²) in [6, 6.07) is 16.0. The summed E-state index contributed by atoms with van der Waals surface area (Å²) in [7, 11) is 0. The third kappa shape index (κ3) is 2.93. The van der Waals surface area contributed by atoms with E-state index in [1.165, 1.54) is 6.07 Å². The topological polar surface area (TPSA) is 64.1 Å². The summed E-state index contributed by atoms with van der Waals surface area (Å²) >= 11 is 10.5. The van der Waals surface area contributed by atoms with Crippen LogP contribution in [0.2, 0.25) is 0 Å². The maximum atomic E-state index is 14.5. The molecule has 0 aliphatic carbocycles. The first kappa shape index (κ1) is 16.3. The fourth-order valence-electron chi connectivity index (χ4n) is 2.59. The van der Waals surface area contributed by atoms with Gasteiger partial charge in [0.25, 0.3) is 0 Å². The number of fused-ring (bicyclic) bond motifs is 1. The van der Waals surface area contributed by atoms with Gasteiger partial charge in [0, 0.05) is 5.56 Å². The number of nitrogens with one attached hydrogen (secondary N) is 1. The van der Waals surface area contributed by atoms with Crippen molar-refractivity contribution >= 4 is 56.6 Å². The molecule has 3 rings (SSSR count). The van der Waals surface area contributed by atoms with E-state index in [9.17, 15) is 4.39 Å². The number of thiocarbonyl (C=S) groups is 2. The van der Waals surface area contributed by atoms with Crippen LogP contribution in [0.15, 0.2) is 54.6 Å². The van der Waals surface area contributed by atoms with Crippen LogP contribution in [-0.2, 0) is 0 Å². The van der Waals surface area contributed by atoms with Gasteiger partial charge >= 0.3 is 0 Å². The first-order valence-corrected chi connectivity index (χ1v) is 7.97. The zero-order valence-corrected chi connectivity index (χ0v) is 14.2. The number of anilines is 2. The van der Waals surface area contributed by atoms with Gasteiger partial charge in [-0.05, 0) is 29.0 Å². The standard InChI is InChI=1S/C18H14FN3S2/c19-12-9-10-5-1-2-6-11(10)15(16(12)17(21)23)18(24)22-14-8-4-3-7-13(14)20/h1-9H,20H2,(H2,21,23)(H,22,24). The van der Waals surface area contributed by atoms with E-state index in [1.807, 2.05) is 36.4 Å². The molecule has 0 aliphatic rings. The lowest BCUT2D eigenvalue weighted by Gasteiger charge is -2.16. The van der Waals surface area contributed by atoms with Crippen LogP contribution in [0.3, 0.4) is 0 Å². The number of nitrogens with two attached hydrogens (primary N) is 2. The van der Waals surface area contributed by atoms with Crippen LogP contribution in [-0.4, -0.2) is 9.98 Å². The molecule has 0 amide bonds. The van der Waals surface area contributed by atoms with E-state index in [-0.39, 0.29) is 10.6 Å². The Bertz CT molecular complexity index is 970. The minimum Gasteiger partial charge on any atom is -0.397 e. The number of hydrogen-bond donors (Lipinski definition) is 3. The molecule has 0 radical (unpaired) electrons. The highest BCUT2D eigenvalue weighted by molar-refractivity contribution is 7.81. The third-order valence-corrected chi connectivity index (χ3v) is 4.19. The van der Waals surface area contributed by atoms with Gasteiger partial charge in [0.1, 0.15) is 15.8 Å². The van der Waals surface area contributed by atoms with Crippen LogP contribution < -0.4 is 16.8 Å². The number of nitrogen functional groups attached to an aromatic ring is 1. The summed E-state index contributed by atoms with van der Waals surface area (Å²) in [6.45, 7) is 0. The summed E-state index contributed by atoms with van der Waals surface area (Å²) in [5.74, 6) is -0.499. The zero-order valence-electron chi connectivity index (χ0n) is 12.5. The molecule has 24 heavy (non-hydrogen) atoms. The van der Waals surface area contributed by atoms with Crippen LogP contribution in [0.4, 0.5) is 15.8 Å². The van der Waals surface area contributed by atoms with Crippen molar-refractivity contribution in [3.05, 3.63) is 71.5 Å². The molecule has 0 heterocycles. The predicted octanol–water partition coefficient (Wildman–Crippen LogP) is 3.98. The van der Waals surface area contributed by atoms with Crippen molar-refractivity contribution in [3.63, 3.8) is 0 Å². The van der Waals surface area contributed by atoms with Crippen molar-refractivity contribution in [2.24, 2.45) is 5.73 Å². The molecule has 3 aromatic rings. The minimum absolute atomic E-state index is 0.0431. The highest BCUT2D eigenvalue weighted by atomic mass is 32.1. The number of benzene rings is 3. The molecule has 120 valence electrons. The highest BCUT2D eigenvalue weighted by Crippen LogP contribution is 2.28. The van der Waals surface area contributed by atoms with Crippen molar-refractivity contribution in [2.45, 2.75) is 0 Å². The SMILES string of the molecule is NC(=S)c1c(F)cc2ccccc2c1C(=S)Nc1ccccc1N. The molecule has 0 aromatic heterocycles. The predicted molar refractivity (Wildman–Crippen MR) is 106 cm³/mol. The van der Waals surface area contributed by atoms with Gasteiger partial charge in [0.2, 0.25) is 0 Å². The lowest BCUT2D eigenvalue weighted by atomic mass is 9.97. The lowest BCUT2D eigenvalue weighted by Crippen LogP contribution is -2.21. The first-order chi connectivity index (χ1) is 11.5. The van der Waals surface area contributed by atoms with Gasteiger partial charge in [-0.15, -0.1) is 0 Å². The second-order valence-corrected chi connectivity index (χ2v) is 6.08. The smallest absolute Gasteiger partial charge is 0.134 e. The van der Waals surface area contributed by atoms with Gasteiger partial charge in [0.15, 0.2) is 0 Å². The third-order valence-electron chi connectivity index (χ3n) is 3.68. The Kier molecular flexibility index (Phi) is 4.42. The van der Waals surface area contributed by atoms with E-state index in [0.717, 1.165) is 10.8 Å². The Morgan fingerprint density at radius 2 is 1.62 bits per heavy atom. The molecule has 6 heteroatoms. The average molecular weight is 355 g/mol. The van der Waals surface area contributed by atoms with Gasteiger partial charge in [-0.2, -0.15) is 0 Å². The Morgan fingerprint density at radius 1 is 0.958 bits per heavy atom. The van der Waals surface area contributed by atoms with Crippen molar-refractivity contribution in [1.82, 2.24) is 0 Å². The van der Waals surface area contributed by atoms with Gasteiger partial charge < -0.3 is 16.8 Å². The molecule has 0 bridgehead atoms. The molecule has 0 aliphatic heterocycles. The monoisotopic (exact) mass is 355 g/mol. The summed E-state index contributed by atoms with van der Waals surface area (Å²) in [5, 5.41) is 4.56. The summed E-state index contributed by atoms with van der Waals surface area (Å²) in [4.78, 5) is 0.268. The van der Waals surface area contributed by atoms with Gasteiger partial charge in [-0.1, -0.05) is 60.8 Å². The van der Waals surface area contributed by atoms with Crippen molar-refractivity contribution in [3.8, 4) is 0 Å². The van der Waals surface area contributed by atoms with Gasteiger partial charge in [-0.3, -0.25) is 0 Å². The van der Waals surface area contributed by atoms with Crippen molar-refractivity contribution in [2.75, 3.05) is 11.1 Å². The van der Waals surface area contributed by atoms with Crippen molar-refractivity contribution in [1.29, 1.82) is 0 Å². The largest absolute Gasteiger partial charge is 0.397 e. The van der Waals surface area contributed by atoms with Crippen molar-refractivity contribution < 1.29 is 4.39 Å². The second-order valence-electron chi connectivity index (χ2n) is 5.24. The van der Waals surface area contributed by atoms with Crippen LogP contribution in [0.5, 0.6) is 0 Å². The Balaban J connectivity index is 2.20. The summed E-state index contributed by atoms with van der Waals surface area (Å²) in [6.07, 6.45) is 0. The maximum absolute atomic E-state index is 14.5. The van der Waals surface area contributed by atoms with E-state index >= 15 is 0 Å². The fraction of sp³-hybridized carbons (Fsp3) is 0. The number of hydrogen-bond acceptors (Lipinski definition) is 3. The van der Waals surface area contributed by atoms with E-state index < -0.39 is 5.82 Å². The Labute approximate surface area is 149 Å². The van der Waals surface area contributed by atoms with Crippen LogP contribution in [0, 0.1) is 5.82 Å². The molecule has 0 fully saturated rings. The minimum atomic E-state index is -0.499. The number of halogens is 1. The molecule has 0 saturated carbocycles. The normalized spacial score (nSPS) is 10.5. The van der Waals surface area contributed by atoms with E-state index in [4.69, 9.17) is 35.9 Å². The average Bonchev–Trinajstić information content (AvgIpc) is 2.55. The van der Waals surface area contributed by atoms with Crippen LogP contribution >= 0.6 is 24.4 Å². The van der Waals surface area contributed by atoms with Gasteiger partial charge in [-0.25, -0.2) is 4.39 Å².